The molecule has 0 spiro atoms. The van der Waals surface area contributed by atoms with Crippen LogP contribution in [0.25, 0.3) is 10.8 Å². The molecule has 1 aliphatic rings. The molecule has 0 N–H and O–H groups in total. The molecule has 0 unspecified atom stereocenters. The molecule has 0 aromatic heterocycles. The van der Waals surface area contributed by atoms with Crippen LogP contribution in [0.4, 0.5) is 4.39 Å². The van der Waals surface area contributed by atoms with Crippen LogP contribution in [0.1, 0.15) is 56.6 Å². The summed E-state index contributed by atoms with van der Waals surface area (Å²) in [5, 5.41) is 1.81. The Morgan fingerprint density at radius 2 is 1.86 bits per heavy atom. The minimum absolute atomic E-state index is 0.00892. The molecule has 1 heteroatoms. The van der Waals surface area contributed by atoms with Crippen LogP contribution < -0.4 is 0 Å². The molecular weight excluding hydrogens is 271 g/mol. The summed E-state index contributed by atoms with van der Waals surface area (Å²) < 4.78 is 14.9. The van der Waals surface area contributed by atoms with E-state index < -0.39 is 0 Å². The number of benzene rings is 2. The molecule has 1 saturated carbocycles. The zero-order valence-corrected chi connectivity index (χ0v) is 13.6. The Labute approximate surface area is 133 Å². The third-order valence-corrected chi connectivity index (χ3v) is 5.13. The van der Waals surface area contributed by atoms with Gasteiger partial charge in [0.25, 0.3) is 0 Å². The normalized spacial score (nSPS) is 22.5. The fraction of sp³-hybridized carbons (Fsp3) is 0.429. The Bertz CT molecular complexity index is 676. The van der Waals surface area contributed by atoms with Gasteiger partial charge in [-0.25, -0.2) is 4.39 Å². The van der Waals surface area contributed by atoms with Crippen LogP contribution >= 0.6 is 0 Å². The summed E-state index contributed by atoms with van der Waals surface area (Å²) in [7, 11) is 0. The Kier molecular flexibility index (Phi) is 4.61. The Balaban J connectivity index is 1.87. The van der Waals surface area contributed by atoms with Crippen LogP contribution in [0.3, 0.4) is 0 Å². The number of allylic oxidation sites excluding steroid dienone is 2. The van der Waals surface area contributed by atoms with Crippen molar-refractivity contribution in [2.24, 2.45) is 5.92 Å². The lowest BCUT2D eigenvalue weighted by molar-refractivity contribution is 0.369. The van der Waals surface area contributed by atoms with E-state index in [0.29, 0.717) is 11.8 Å². The van der Waals surface area contributed by atoms with E-state index in [9.17, 15) is 4.39 Å². The molecule has 22 heavy (non-hydrogen) atoms. The van der Waals surface area contributed by atoms with Crippen LogP contribution in [0.5, 0.6) is 0 Å². The highest BCUT2D eigenvalue weighted by atomic mass is 19.1. The van der Waals surface area contributed by atoms with Gasteiger partial charge in [-0.1, -0.05) is 49.4 Å². The van der Waals surface area contributed by atoms with Gasteiger partial charge in [-0.05, 0) is 67.4 Å². The molecule has 0 aliphatic heterocycles. The monoisotopic (exact) mass is 296 g/mol. The Hall–Kier alpha value is -1.63. The van der Waals surface area contributed by atoms with Crippen molar-refractivity contribution in [2.75, 3.05) is 0 Å². The van der Waals surface area contributed by atoms with Gasteiger partial charge in [-0.15, -0.1) is 0 Å². The second kappa shape index (κ2) is 6.64. The minimum atomic E-state index is 0.00892. The molecule has 2 aromatic carbocycles. The first kappa shape index (κ1) is 15.3. The molecular formula is C21H25F. The maximum Gasteiger partial charge on any atom is 0.134 e. The van der Waals surface area contributed by atoms with Gasteiger partial charge in [-0.2, -0.15) is 0 Å². The highest BCUT2D eigenvalue weighted by Crippen LogP contribution is 2.38. The van der Waals surface area contributed by atoms with Crippen molar-refractivity contribution < 1.29 is 4.39 Å². The average Bonchev–Trinajstić information content (AvgIpc) is 2.56. The molecule has 0 bridgehead atoms. The number of rotatable bonds is 3. The Morgan fingerprint density at radius 1 is 1.09 bits per heavy atom. The van der Waals surface area contributed by atoms with E-state index in [1.54, 1.807) is 0 Å². The molecule has 0 heterocycles. The highest BCUT2D eigenvalue weighted by molar-refractivity contribution is 5.84. The van der Waals surface area contributed by atoms with Gasteiger partial charge >= 0.3 is 0 Å². The molecule has 0 atom stereocenters. The summed E-state index contributed by atoms with van der Waals surface area (Å²) >= 11 is 0. The Morgan fingerprint density at radius 3 is 2.55 bits per heavy atom. The SMILES string of the molecule is C/C=C/C1CCC(c2ccc3cc(CC)ccc3c2F)CC1. The lowest BCUT2D eigenvalue weighted by Crippen LogP contribution is -2.13. The largest absolute Gasteiger partial charge is 0.206 e. The maximum absolute atomic E-state index is 14.9. The van der Waals surface area contributed by atoms with E-state index in [0.717, 1.165) is 35.6 Å². The van der Waals surface area contributed by atoms with Crippen molar-refractivity contribution >= 4 is 10.8 Å². The van der Waals surface area contributed by atoms with Crippen molar-refractivity contribution in [1.29, 1.82) is 0 Å². The fourth-order valence-electron chi connectivity index (χ4n) is 3.79. The smallest absolute Gasteiger partial charge is 0.134 e. The first-order chi connectivity index (χ1) is 10.7. The predicted octanol–water partition coefficient (Wildman–Crippen LogP) is 6.39. The fourth-order valence-corrected chi connectivity index (χ4v) is 3.79. The second-order valence-electron chi connectivity index (χ2n) is 6.52. The topological polar surface area (TPSA) is 0 Å². The average molecular weight is 296 g/mol. The summed E-state index contributed by atoms with van der Waals surface area (Å²) in [5.41, 5.74) is 2.20. The van der Waals surface area contributed by atoms with Gasteiger partial charge in [0.2, 0.25) is 0 Å². The number of aryl methyl sites for hydroxylation is 1. The van der Waals surface area contributed by atoms with E-state index in [-0.39, 0.29) is 5.82 Å². The van der Waals surface area contributed by atoms with Gasteiger partial charge in [0, 0.05) is 5.39 Å². The van der Waals surface area contributed by atoms with Gasteiger partial charge in [0.1, 0.15) is 5.82 Å². The van der Waals surface area contributed by atoms with Crippen molar-refractivity contribution in [2.45, 2.75) is 51.9 Å². The van der Waals surface area contributed by atoms with E-state index >= 15 is 0 Å². The van der Waals surface area contributed by atoms with Gasteiger partial charge in [0.05, 0.1) is 0 Å². The summed E-state index contributed by atoms with van der Waals surface area (Å²) in [6, 6.07) is 10.3. The zero-order valence-electron chi connectivity index (χ0n) is 13.6. The number of hydrogen-bond acceptors (Lipinski definition) is 0. The van der Waals surface area contributed by atoms with E-state index in [1.165, 1.54) is 18.4 Å². The summed E-state index contributed by atoms with van der Waals surface area (Å²) in [6.45, 7) is 4.22. The third kappa shape index (κ3) is 2.95. The van der Waals surface area contributed by atoms with Gasteiger partial charge < -0.3 is 0 Å². The van der Waals surface area contributed by atoms with Crippen LogP contribution in [-0.2, 0) is 6.42 Å². The van der Waals surface area contributed by atoms with Crippen LogP contribution in [0.2, 0.25) is 0 Å². The lowest BCUT2D eigenvalue weighted by Gasteiger charge is -2.27. The lowest BCUT2D eigenvalue weighted by atomic mass is 9.78. The second-order valence-corrected chi connectivity index (χ2v) is 6.52. The molecule has 3 rings (SSSR count). The zero-order chi connectivity index (χ0) is 15.5. The van der Waals surface area contributed by atoms with Crippen LogP contribution in [0, 0.1) is 11.7 Å². The van der Waals surface area contributed by atoms with E-state index in [4.69, 9.17) is 0 Å². The van der Waals surface area contributed by atoms with Crippen LogP contribution in [-0.4, -0.2) is 0 Å². The standard InChI is InChI=1S/C21H25F/c1-3-5-16-6-9-17(10-7-16)19-13-11-18-14-15(4-2)8-12-20(18)21(19)22/h3,5,8,11-14,16-17H,4,6-7,9-10H2,1-2H3/b5-3+. The molecule has 0 amide bonds. The number of fused-ring (bicyclic) bond motifs is 1. The quantitative estimate of drug-likeness (QED) is 0.575. The summed E-state index contributed by atoms with van der Waals surface area (Å²) in [5.74, 6) is 1.09. The molecule has 1 fully saturated rings. The van der Waals surface area contributed by atoms with Crippen molar-refractivity contribution in [3.63, 3.8) is 0 Å². The van der Waals surface area contributed by atoms with Crippen molar-refractivity contribution in [3.8, 4) is 0 Å². The van der Waals surface area contributed by atoms with E-state index in [1.807, 2.05) is 12.1 Å². The molecule has 116 valence electrons. The highest BCUT2D eigenvalue weighted by Gasteiger charge is 2.23. The van der Waals surface area contributed by atoms with E-state index in [2.05, 4.69) is 44.2 Å². The summed E-state index contributed by atoms with van der Waals surface area (Å²) in [4.78, 5) is 0. The van der Waals surface area contributed by atoms with Crippen LogP contribution in [0.15, 0.2) is 42.5 Å². The molecule has 0 saturated heterocycles. The predicted molar refractivity (Wildman–Crippen MR) is 92.8 cm³/mol. The van der Waals surface area contributed by atoms with Gasteiger partial charge in [0.15, 0.2) is 0 Å². The van der Waals surface area contributed by atoms with Gasteiger partial charge in [-0.3, -0.25) is 0 Å². The molecule has 0 nitrogen and oxygen atoms in total. The first-order valence-electron chi connectivity index (χ1n) is 8.56. The van der Waals surface area contributed by atoms with Crippen molar-refractivity contribution in [3.05, 3.63) is 59.4 Å². The molecule has 2 aromatic rings. The first-order valence-corrected chi connectivity index (χ1v) is 8.56. The molecule has 0 radical (unpaired) electrons. The maximum atomic E-state index is 14.9. The number of hydrogen-bond donors (Lipinski definition) is 0. The summed E-state index contributed by atoms with van der Waals surface area (Å²) in [6.07, 6.45) is 10.0. The van der Waals surface area contributed by atoms with Crippen molar-refractivity contribution in [1.82, 2.24) is 0 Å². The number of halogens is 1. The minimum Gasteiger partial charge on any atom is -0.206 e. The third-order valence-electron chi connectivity index (χ3n) is 5.13. The molecule has 1 aliphatic carbocycles.